The number of hydrogen-bond acceptors (Lipinski definition) is 5. The molecule has 0 heterocycles. The monoisotopic (exact) mass is 391 g/mol. The Morgan fingerprint density at radius 2 is 1.59 bits per heavy atom. The fourth-order valence-corrected chi connectivity index (χ4v) is 2.75. The normalized spacial score (nSPS) is 10.2. The number of benzene rings is 3. The molecule has 0 aliphatic heterocycles. The molecule has 0 spiro atoms. The SMILES string of the molecule is O=C(COc1ccccc1-c1ccccc1)NCCNc1ccc([N+](=O)[O-])cc1. The molecule has 3 aromatic rings. The van der Waals surface area contributed by atoms with Gasteiger partial charge in [0.2, 0.25) is 0 Å². The second-order valence-electron chi connectivity index (χ2n) is 6.23. The first kappa shape index (κ1) is 19.9. The predicted molar refractivity (Wildman–Crippen MR) is 112 cm³/mol. The molecule has 0 aromatic heterocycles. The second kappa shape index (κ2) is 9.89. The van der Waals surface area contributed by atoms with E-state index in [-0.39, 0.29) is 18.2 Å². The Bertz CT molecular complexity index is 959. The van der Waals surface area contributed by atoms with Gasteiger partial charge in [0.05, 0.1) is 4.92 Å². The molecule has 0 aliphatic carbocycles. The van der Waals surface area contributed by atoms with Gasteiger partial charge in [0, 0.05) is 36.5 Å². The van der Waals surface area contributed by atoms with Crippen molar-refractivity contribution in [2.75, 3.05) is 25.0 Å². The third-order valence-corrected chi connectivity index (χ3v) is 4.19. The molecule has 7 heteroatoms. The number of non-ortho nitro benzene ring substituents is 1. The van der Waals surface area contributed by atoms with Crippen molar-refractivity contribution in [3.63, 3.8) is 0 Å². The average molecular weight is 391 g/mol. The maximum absolute atomic E-state index is 12.1. The fourth-order valence-electron chi connectivity index (χ4n) is 2.75. The molecule has 2 N–H and O–H groups in total. The van der Waals surface area contributed by atoms with Crippen LogP contribution in [0, 0.1) is 10.1 Å². The molecule has 0 bridgehead atoms. The zero-order valence-electron chi connectivity index (χ0n) is 15.7. The van der Waals surface area contributed by atoms with Crippen molar-refractivity contribution in [1.29, 1.82) is 0 Å². The minimum atomic E-state index is -0.444. The summed E-state index contributed by atoms with van der Waals surface area (Å²) in [5.41, 5.74) is 2.74. The van der Waals surface area contributed by atoms with Crippen LogP contribution in [0.15, 0.2) is 78.9 Å². The smallest absolute Gasteiger partial charge is 0.269 e. The molecule has 1 amide bonds. The number of amides is 1. The van der Waals surface area contributed by atoms with Crippen LogP contribution in [0.5, 0.6) is 5.75 Å². The van der Waals surface area contributed by atoms with Crippen molar-refractivity contribution < 1.29 is 14.5 Å². The van der Waals surface area contributed by atoms with Crippen LogP contribution in [0.25, 0.3) is 11.1 Å². The highest BCUT2D eigenvalue weighted by molar-refractivity contribution is 5.78. The summed E-state index contributed by atoms with van der Waals surface area (Å²) in [6.45, 7) is 0.811. The van der Waals surface area contributed by atoms with E-state index in [1.165, 1.54) is 12.1 Å². The number of carbonyl (C=O) groups excluding carboxylic acids is 1. The lowest BCUT2D eigenvalue weighted by atomic mass is 10.1. The molecule has 0 atom stereocenters. The van der Waals surface area contributed by atoms with Gasteiger partial charge in [-0.3, -0.25) is 14.9 Å². The third-order valence-electron chi connectivity index (χ3n) is 4.19. The highest BCUT2D eigenvalue weighted by atomic mass is 16.6. The Labute approximate surface area is 168 Å². The standard InChI is InChI=1S/C22H21N3O4/c26-22(24-15-14-23-18-10-12-19(13-11-18)25(27)28)16-29-21-9-5-4-8-20(21)17-6-2-1-3-7-17/h1-13,23H,14-16H2,(H,24,26). The van der Waals surface area contributed by atoms with Gasteiger partial charge in [-0.05, 0) is 23.8 Å². The fraction of sp³-hybridized carbons (Fsp3) is 0.136. The number of anilines is 1. The molecular formula is C22H21N3O4. The Morgan fingerprint density at radius 3 is 2.31 bits per heavy atom. The lowest BCUT2D eigenvalue weighted by molar-refractivity contribution is -0.384. The van der Waals surface area contributed by atoms with Crippen molar-refractivity contribution in [2.24, 2.45) is 0 Å². The van der Waals surface area contributed by atoms with E-state index in [9.17, 15) is 14.9 Å². The minimum Gasteiger partial charge on any atom is -0.483 e. The number of nitro benzene ring substituents is 1. The molecule has 0 saturated carbocycles. The molecule has 0 unspecified atom stereocenters. The van der Waals surface area contributed by atoms with Gasteiger partial charge < -0.3 is 15.4 Å². The number of ether oxygens (including phenoxy) is 1. The second-order valence-corrected chi connectivity index (χ2v) is 6.23. The van der Waals surface area contributed by atoms with E-state index in [2.05, 4.69) is 10.6 Å². The number of hydrogen-bond donors (Lipinski definition) is 2. The quantitative estimate of drug-likeness (QED) is 0.328. The van der Waals surface area contributed by atoms with E-state index in [1.54, 1.807) is 12.1 Å². The molecular weight excluding hydrogens is 370 g/mol. The molecule has 3 rings (SSSR count). The molecule has 0 aliphatic rings. The van der Waals surface area contributed by atoms with E-state index < -0.39 is 4.92 Å². The number of carbonyl (C=O) groups is 1. The van der Waals surface area contributed by atoms with Gasteiger partial charge in [0.15, 0.2) is 6.61 Å². The van der Waals surface area contributed by atoms with Crippen LogP contribution in [0.4, 0.5) is 11.4 Å². The summed E-state index contributed by atoms with van der Waals surface area (Å²) in [7, 11) is 0. The van der Waals surface area contributed by atoms with Gasteiger partial charge in [0.1, 0.15) is 5.75 Å². The van der Waals surface area contributed by atoms with Crippen LogP contribution in [-0.2, 0) is 4.79 Å². The van der Waals surface area contributed by atoms with Crippen LogP contribution in [0.1, 0.15) is 0 Å². The first-order valence-electron chi connectivity index (χ1n) is 9.16. The molecule has 148 valence electrons. The van der Waals surface area contributed by atoms with Crippen molar-refractivity contribution in [3.8, 4) is 16.9 Å². The number of nitrogens with zero attached hydrogens (tertiary/aromatic N) is 1. The van der Waals surface area contributed by atoms with E-state index in [4.69, 9.17) is 4.74 Å². The number of nitro groups is 1. The van der Waals surface area contributed by atoms with Gasteiger partial charge in [-0.1, -0.05) is 48.5 Å². The van der Waals surface area contributed by atoms with Crippen LogP contribution in [0.3, 0.4) is 0 Å². The van der Waals surface area contributed by atoms with E-state index in [1.807, 2.05) is 54.6 Å². The molecule has 0 saturated heterocycles. The third kappa shape index (κ3) is 5.80. The molecule has 3 aromatic carbocycles. The molecule has 7 nitrogen and oxygen atoms in total. The van der Waals surface area contributed by atoms with Gasteiger partial charge in [-0.25, -0.2) is 0 Å². The summed E-state index contributed by atoms with van der Waals surface area (Å²) in [6, 6.07) is 23.6. The highest BCUT2D eigenvalue weighted by Gasteiger charge is 2.08. The molecule has 0 radical (unpaired) electrons. The maximum Gasteiger partial charge on any atom is 0.269 e. The summed E-state index contributed by atoms with van der Waals surface area (Å²) in [5.74, 6) is 0.427. The maximum atomic E-state index is 12.1. The summed E-state index contributed by atoms with van der Waals surface area (Å²) >= 11 is 0. The predicted octanol–water partition coefficient (Wildman–Crippen LogP) is 3.87. The van der Waals surface area contributed by atoms with Crippen molar-refractivity contribution >= 4 is 17.3 Å². The van der Waals surface area contributed by atoms with E-state index >= 15 is 0 Å². The number of rotatable bonds is 9. The number of nitrogens with one attached hydrogen (secondary N) is 2. The zero-order chi connectivity index (χ0) is 20.5. The van der Waals surface area contributed by atoms with Crippen LogP contribution >= 0.6 is 0 Å². The highest BCUT2D eigenvalue weighted by Crippen LogP contribution is 2.29. The Balaban J connectivity index is 1.43. The van der Waals surface area contributed by atoms with Gasteiger partial charge >= 0.3 is 0 Å². The first-order valence-corrected chi connectivity index (χ1v) is 9.16. The Kier molecular flexibility index (Phi) is 6.78. The van der Waals surface area contributed by atoms with Crippen molar-refractivity contribution in [3.05, 3.63) is 89.0 Å². The van der Waals surface area contributed by atoms with Crippen molar-refractivity contribution in [2.45, 2.75) is 0 Å². The topological polar surface area (TPSA) is 93.5 Å². The minimum absolute atomic E-state index is 0.0387. The van der Waals surface area contributed by atoms with Gasteiger partial charge in [-0.15, -0.1) is 0 Å². The lowest BCUT2D eigenvalue weighted by Crippen LogP contribution is -2.32. The van der Waals surface area contributed by atoms with Gasteiger partial charge in [-0.2, -0.15) is 0 Å². The lowest BCUT2D eigenvalue weighted by Gasteiger charge is -2.12. The van der Waals surface area contributed by atoms with Crippen LogP contribution in [-0.4, -0.2) is 30.5 Å². The number of para-hydroxylation sites is 1. The van der Waals surface area contributed by atoms with E-state index in [0.29, 0.717) is 18.8 Å². The van der Waals surface area contributed by atoms with Crippen molar-refractivity contribution in [1.82, 2.24) is 5.32 Å². The summed E-state index contributed by atoms with van der Waals surface area (Å²) < 4.78 is 5.71. The molecule has 29 heavy (non-hydrogen) atoms. The van der Waals surface area contributed by atoms with Crippen LogP contribution < -0.4 is 15.4 Å². The Morgan fingerprint density at radius 1 is 0.897 bits per heavy atom. The Hall–Kier alpha value is -3.87. The summed E-state index contributed by atoms with van der Waals surface area (Å²) in [5, 5.41) is 16.5. The first-order chi connectivity index (χ1) is 14.1. The largest absolute Gasteiger partial charge is 0.483 e. The summed E-state index contributed by atoms with van der Waals surface area (Å²) in [6.07, 6.45) is 0. The summed E-state index contributed by atoms with van der Waals surface area (Å²) in [4.78, 5) is 22.3. The zero-order valence-corrected chi connectivity index (χ0v) is 15.7. The van der Waals surface area contributed by atoms with Crippen LogP contribution in [0.2, 0.25) is 0 Å². The molecule has 0 fully saturated rings. The average Bonchev–Trinajstić information content (AvgIpc) is 2.76. The van der Waals surface area contributed by atoms with Gasteiger partial charge in [0.25, 0.3) is 11.6 Å². The van der Waals surface area contributed by atoms with E-state index in [0.717, 1.165) is 16.8 Å².